The molecule has 4 heteroatoms. The van der Waals surface area contributed by atoms with Crippen LogP contribution in [0.3, 0.4) is 0 Å². The second-order valence-electron chi connectivity index (χ2n) is 2.31. The van der Waals surface area contributed by atoms with Crippen molar-refractivity contribution in [2.24, 2.45) is 0 Å². The minimum Gasteiger partial charge on any atom is -0.289 e. The number of pyridine rings is 1. The Morgan fingerprint density at radius 3 is 2.83 bits per heavy atom. The second-order valence-corrected chi connectivity index (χ2v) is 2.31. The summed E-state index contributed by atoms with van der Waals surface area (Å²) in [4.78, 5) is 14.3. The molecule has 2 nitrogen and oxygen atoms in total. The van der Waals surface area contributed by atoms with Crippen LogP contribution in [0.25, 0.3) is 0 Å². The molecule has 0 aliphatic rings. The monoisotopic (exact) mass is 171 g/mol. The first-order chi connectivity index (χ1) is 5.63. The number of alkyl halides is 1. The predicted molar refractivity (Wildman–Crippen MR) is 39.1 cm³/mol. The van der Waals surface area contributed by atoms with Gasteiger partial charge in [-0.25, -0.2) is 13.8 Å². The smallest absolute Gasteiger partial charge is 0.217 e. The SMILES string of the molecule is CC(F)C(=O)c1ncccc1F. The average molecular weight is 171 g/mol. The van der Waals surface area contributed by atoms with E-state index >= 15 is 0 Å². The van der Waals surface area contributed by atoms with Crippen LogP contribution in [0.2, 0.25) is 0 Å². The van der Waals surface area contributed by atoms with Crippen molar-refractivity contribution in [3.05, 3.63) is 29.8 Å². The highest BCUT2D eigenvalue weighted by Crippen LogP contribution is 2.07. The molecule has 0 N–H and O–H groups in total. The van der Waals surface area contributed by atoms with E-state index in [1.807, 2.05) is 0 Å². The molecule has 0 saturated carbocycles. The van der Waals surface area contributed by atoms with Gasteiger partial charge >= 0.3 is 0 Å². The molecule has 0 aliphatic carbocycles. The number of hydrogen-bond donors (Lipinski definition) is 0. The topological polar surface area (TPSA) is 30.0 Å². The van der Waals surface area contributed by atoms with Crippen molar-refractivity contribution in [1.82, 2.24) is 4.98 Å². The molecule has 0 bridgehead atoms. The molecule has 0 spiro atoms. The normalized spacial score (nSPS) is 12.6. The zero-order valence-electron chi connectivity index (χ0n) is 6.42. The van der Waals surface area contributed by atoms with E-state index in [9.17, 15) is 13.6 Å². The maximum absolute atomic E-state index is 12.8. The van der Waals surface area contributed by atoms with E-state index in [4.69, 9.17) is 0 Å². The summed E-state index contributed by atoms with van der Waals surface area (Å²) in [5.41, 5.74) is -0.437. The molecule has 1 atom stereocenters. The molecule has 64 valence electrons. The number of aromatic nitrogens is 1. The van der Waals surface area contributed by atoms with E-state index in [2.05, 4.69) is 4.98 Å². The van der Waals surface area contributed by atoms with Crippen molar-refractivity contribution in [3.63, 3.8) is 0 Å². The van der Waals surface area contributed by atoms with Crippen LogP contribution < -0.4 is 0 Å². The molecule has 1 aromatic rings. The van der Waals surface area contributed by atoms with Gasteiger partial charge in [0, 0.05) is 6.20 Å². The third-order valence-corrected chi connectivity index (χ3v) is 1.35. The Morgan fingerprint density at radius 2 is 2.33 bits per heavy atom. The lowest BCUT2D eigenvalue weighted by atomic mass is 10.2. The predicted octanol–water partition coefficient (Wildman–Crippen LogP) is 1.76. The van der Waals surface area contributed by atoms with E-state index in [0.29, 0.717) is 0 Å². The maximum Gasteiger partial charge on any atom is 0.217 e. The summed E-state index contributed by atoms with van der Waals surface area (Å²) in [5, 5.41) is 0. The average Bonchev–Trinajstić information content (AvgIpc) is 2.04. The lowest BCUT2D eigenvalue weighted by Gasteiger charge is -2.00. The maximum atomic E-state index is 12.8. The van der Waals surface area contributed by atoms with Gasteiger partial charge in [-0.1, -0.05) is 0 Å². The van der Waals surface area contributed by atoms with E-state index in [1.165, 1.54) is 12.3 Å². The summed E-state index contributed by atoms with van der Waals surface area (Å²) in [6, 6.07) is 2.41. The van der Waals surface area contributed by atoms with Crippen LogP contribution in [0.1, 0.15) is 17.4 Å². The molecule has 0 amide bonds. The Balaban J connectivity index is 3.03. The standard InChI is InChI=1S/C8H7F2NO/c1-5(9)8(12)7-6(10)3-2-4-11-7/h2-5H,1H3. The largest absolute Gasteiger partial charge is 0.289 e. The Morgan fingerprint density at radius 1 is 1.67 bits per heavy atom. The first kappa shape index (κ1) is 8.77. The van der Waals surface area contributed by atoms with Crippen molar-refractivity contribution in [2.45, 2.75) is 13.1 Å². The minimum atomic E-state index is -1.71. The molecule has 0 fully saturated rings. The number of ketones is 1. The Labute approximate surface area is 68.2 Å². The number of carbonyl (C=O) groups is 1. The van der Waals surface area contributed by atoms with Gasteiger partial charge in [0.25, 0.3) is 0 Å². The first-order valence-corrected chi connectivity index (χ1v) is 3.41. The van der Waals surface area contributed by atoms with Crippen molar-refractivity contribution in [2.75, 3.05) is 0 Å². The Kier molecular flexibility index (Phi) is 2.47. The summed E-state index contributed by atoms with van der Waals surface area (Å²) in [6.45, 7) is 1.05. The first-order valence-electron chi connectivity index (χ1n) is 3.41. The van der Waals surface area contributed by atoms with Crippen molar-refractivity contribution in [1.29, 1.82) is 0 Å². The molecule has 1 rings (SSSR count). The molecule has 0 aliphatic heterocycles. The van der Waals surface area contributed by atoms with E-state index in [0.717, 1.165) is 13.0 Å². The second kappa shape index (κ2) is 3.38. The summed E-state index contributed by atoms with van der Waals surface area (Å²) in [7, 11) is 0. The molecular formula is C8H7F2NO. The molecule has 1 aromatic heterocycles. The van der Waals surface area contributed by atoms with Gasteiger partial charge in [-0.05, 0) is 19.1 Å². The van der Waals surface area contributed by atoms with Crippen LogP contribution in [0, 0.1) is 5.82 Å². The molecule has 1 heterocycles. The number of nitrogens with zero attached hydrogens (tertiary/aromatic N) is 1. The molecular weight excluding hydrogens is 164 g/mol. The number of halogens is 2. The van der Waals surface area contributed by atoms with Crippen molar-refractivity contribution < 1.29 is 13.6 Å². The van der Waals surface area contributed by atoms with Crippen molar-refractivity contribution in [3.8, 4) is 0 Å². The van der Waals surface area contributed by atoms with E-state index < -0.39 is 23.5 Å². The fourth-order valence-electron chi connectivity index (χ4n) is 0.755. The zero-order valence-corrected chi connectivity index (χ0v) is 6.42. The highest BCUT2D eigenvalue weighted by atomic mass is 19.1. The van der Waals surface area contributed by atoms with E-state index in [-0.39, 0.29) is 0 Å². The van der Waals surface area contributed by atoms with Crippen LogP contribution in [0.4, 0.5) is 8.78 Å². The highest BCUT2D eigenvalue weighted by Gasteiger charge is 2.18. The van der Waals surface area contributed by atoms with Crippen LogP contribution in [-0.4, -0.2) is 16.9 Å². The van der Waals surface area contributed by atoms with Gasteiger partial charge in [0.05, 0.1) is 0 Å². The van der Waals surface area contributed by atoms with Gasteiger partial charge in [0.1, 0.15) is 5.69 Å². The van der Waals surface area contributed by atoms with Gasteiger partial charge in [0.2, 0.25) is 5.78 Å². The van der Waals surface area contributed by atoms with Gasteiger partial charge in [0.15, 0.2) is 12.0 Å². The number of hydrogen-bond acceptors (Lipinski definition) is 2. The van der Waals surface area contributed by atoms with Gasteiger partial charge in [-0.3, -0.25) is 4.79 Å². The number of Topliss-reactive ketones (excluding diaryl/α,β-unsaturated/α-hetero) is 1. The van der Waals surface area contributed by atoms with Gasteiger partial charge in [-0.15, -0.1) is 0 Å². The summed E-state index contributed by atoms with van der Waals surface area (Å²) in [5.74, 6) is -1.71. The zero-order chi connectivity index (χ0) is 9.14. The number of carbonyl (C=O) groups excluding carboxylic acids is 1. The fraction of sp³-hybridized carbons (Fsp3) is 0.250. The fourth-order valence-corrected chi connectivity index (χ4v) is 0.755. The van der Waals surface area contributed by atoms with Gasteiger partial charge in [-0.2, -0.15) is 0 Å². The van der Waals surface area contributed by atoms with Crippen LogP contribution in [0.15, 0.2) is 18.3 Å². The van der Waals surface area contributed by atoms with Crippen LogP contribution in [-0.2, 0) is 0 Å². The molecule has 0 radical (unpaired) electrons. The quantitative estimate of drug-likeness (QED) is 0.634. The highest BCUT2D eigenvalue weighted by molar-refractivity contribution is 5.97. The third kappa shape index (κ3) is 1.64. The lowest BCUT2D eigenvalue weighted by Crippen LogP contribution is -2.15. The van der Waals surface area contributed by atoms with Crippen LogP contribution in [0.5, 0.6) is 0 Å². The Hall–Kier alpha value is -1.32. The lowest BCUT2D eigenvalue weighted by molar-refractivity contribution is 0.0883. The van der Waals surface area contributed by atoms with Crippen molar-refractivity contribution >= 4 is 5.78 Å². The minimum absolute atomic E-state index is 0.437. The molecule has 0 aromatic carbocycles. The number of rotatable bonds is 2. The van der Waals surface area contributed by atoms with Gasteiger partial charge < -0.3 is 0 Å². The van der Waals surface area contributed by atoms with E-state index in [1.54, 1.807) is 0 Å². The molecule has 0 saturated heterocycles. The summed E-state index contributed by atoms with van der Waals surface area (Å²) < 4.78 is 25.2. The van der Waals surface area contributed by atoms with Crippen LogP contribution >= 0.6 is 0 Å². The molecule has 1 unspecified atom stereocenters. The summed E-state index contributed by atoms with van der Waals surface area (Å²) >= 11 is 0. The third-order valence-electron chi connectivity index (χ3n) is 1.35. The Bertz CT molecular complexity index is 299. The summed E-state index contributed by atoms with van der Waals surface area (Å²) in [6.07, 6.45) is -0.465. The molecule has 12 heavy (non-hydrogen) atoms.